The van der Waals surface area contributed by atoms with Crippen molar-refractivity contribution in [2.75, 3.05) is 6.61 Å². The van der Waals surface area contributed by atoms with Crippen LogP contribution in [0.15, 0.2) is 24.3 Å². The lowest BCUT2D eigenvalue weighted by Gasteiger charge is -2.11. The second kappa shape index (κ2) is 5.36. The standard InChI is InChI=1S/C11H15NO3/c1-2-6-15-9-5-3-4-8(7-9)10(12)11(13)14/h3-5,7,10H,2,6,12H2,1H3,(H,13,14)/t10-/m1/s1. The minimum atomic E-state index is -1.18. The number of carbonyl (C=O) groups excluding carboxylic acids is 1. The number of ether oxygens (including phenoxy) is 1. The highest BCUT2D eigenvalue weighted by Gasteiger charge is 2.10. The molecule has 0 heterocycles. The molecule has 0 aliphatic rings. The quantitative estimate of drug-likeness (QED) is 0.710. The molecule has 0 radical (unpaired) electrons. The average molecular weight is 209 g/mol. The van der Waals surface area contributed by atoms with Gasteiger partial charge < -0.3 is 20.4 Å². The van der Waals surface area contributed by atoms with Crippen LogP contribution < -0.4 is 15.6 Å². The van der Waals surface area contributed by atoms with E-state index >= 15 is 0 Å². The lowest BCUT2D eigenvalue weighted by molar-refractivity contribution is -0.443. The molecule has 0 amide bonds. The molecule has 3 N–H and O–H groups in total. The van der Waals surface area contributed by atoms with Gasteiger partial charge in [-0.2, -0.15) is 0 Å². The summed E-state index contributed by atoms with van der Waals surface area (Å²) >= 11 is 0. The van der Waals surface area contributed by atoms with E-state index in [1.807, 2.05) is 6.92 Å². The van der Waals surface area contributed by atoms with E-state index < -0.39 is 12.0 Å². The van der Waals surface area contributed by atoms with Gasteiger partial charge in [0.2, 0.25) is 0 Å². The smallest absolute Gasteiger partial charge is 0.150 e. The van der Waals surface area contributed by atoms with E-state index in [1.54, 1.807) is 24.3 Å². The molecule has 4 nitrogen and oxygen atoms in total. The molecule has 82 valence electrons. The maximum absolute atomic E-state index is 10.6. The van der Waals surface area contributed by atoms with Gasteiger partial charge in [-0.3, -0.25) is 0 Å². The molecule has 0 aliphatic carbocycles. The van der Waals surface area contributed by atoms with Crippen molar-refractivity contribution in [1.29, 1.82) is 0 Å². The largest absolute Gasteiger partial charge is 0.544 e. The lowest BCUT2D eigenvalue weighted by atomic mass is 10.1. The highest BCUT2D eigenvalue weighted by molar-refractivity contribution is 5.71. The zero-order chi connectivity index (χ0) is 11.3. The number of rotatable bonds is 5. The summed E-state index contributed by atoms with van der Waals surface area (Å²) in [7, 11) is 0. The van der Waals surface area contributed by atoms with Crippen molar-refractivity contribution in [1.82, 2.24) is 0 Å². The van der Waals surface area contributed by atoms with E-state index in [2.05, 4.69) is 5.73 Å². The summed E-state index contributed by atoms with van der Waals surface area (Å²) in [4.78, 5) is 10.6. The fraction of sp³-hybridized carbons (Fsp3) is 0.364. The minimum Gasteiger partial charge on any atom is -0.544 e. The highest BCUT2D eigenvalue weighted by Crippen LogP contribution is 2.16. The van der Waals surface area contributed by atoms with Crippen molar-refractivity contribution in [2.24, 2.45) is 0 Å². The van der Waals surface area contributed by atoms with Crippen molar-refractivity contribution in [3.8, 4) is 5.75 Å². The second-order valence-electron chi connectivity index (χ2n) is 3.29. The number of benzene rings is 1. The fourth-order valence-electron chi connectivity index (χ4n) is 1.18. The Morgan fingerprint density at radius 1 is 1.60 bits per heavy atom. The summed E-state index contributed by atoms with van der Waals surface area (Å²) in [6.07, 6.45) is 0.915. The van der Waals surface area contributed by atoms with Gasteiger partial charge >= 0.3 is 0 Å². The summed E-state index contributed by atoms with van der Waals surface area (Å²) in [5.41, 5.74) is 4.11. The van der Waals surface area contributed by atoms with Crippen molar-refractivity contribution in [3.05, 3.63) is 29.8 Å². The maximum atomic E-state index is 10.6. The number of aliphatic carboxylic acids is 1. The summed E-state index contributed by atoms with van der Waals surface area (Å²) in [5, 5.41) is 10.6. The Morgan fingerprint density at radius 2 is 2.33 bits per heavy atom. The van der Waals surface area contributed by atoms with E-state index in [-0.39, 0.29) is 0 Å². The van der Waals surface area contributed by atoms with Crippen LogP contribution in [0.2, 0.25) is 0 Å². The zero-order valence-electron chi connectivity index (χ0n) is 8.73. The van der Waals surface area contributed by atoms with Gasteiger partial charge in [-0.05, 0) is 18.6 Å². The first kappa shape index (κ1) is 11.5. The predicted octanol–water partition coefficient (Wildman–Crippen LogP) is -0.492. The van der Waals surface area contributed by atoms with Gasteiger partial charge in [0.05, 0.1) is 6.61 Å². The van der Waals surface area contributed by atoms with Crippen molar-refractivity contribution in [3.63, 3.8) is 0 Å². The Labute approximate surface area is 88.7 Å². The maximum Gasteiger partial charge on any atom is 0.150 e. The third-order valence-electron chi connectivity index (χ3n) is 2.02. The Morgan fingerprint density at radius 3 is 2.93 bits per heavy atom. The van der Waals surface area contributed by atoms with E-state index in [4.69, 9.17) is 4.74 Å². The van der Waals surface area contributed by atoms with Crippen molar-refractivity contribution in [2.45, 2.75) is 19.4 Å². The molecule has 15 heavy (non-hydrogen) atoms. The van der Waals surface area contributed by atoms with E-state index in [1.165, 1.54) is 0 Å². The average Bonchev–Trinajstić information content (AvgIpc) is 2.25. The molecule has 1 atom stereocenters. The molecule has 1 aromatic rings. The third kappa shape index (κ3) is 3.25. The summed E-state index contributed by atoms with van der Waals surface area (Å²) < 4.78 is 5.38. The zero-order valence-corrected chi connectivity index (χ0v) is 8.73. The Hall–Kier alpha value is -1.55. The predicted molar refractivity (Wildman–Crippen MR) is 52.9 cm³/mol. The summed E-state index contributed by atoms with van der Waals surface area (Å²) in [5.74, 6) is -0.508. The first-order chi connectivity index (χ1) is 7.15. The van der Waals surface area contributed by atoms with Crippen LogP contribution in [0.5, 0.6) is 5.75 Å². The van der Waals surface area contributed by atoms with Crippen LogP contribution in [0.25, 0.3) is 0 Å². The molecule has 1 rings (SSSR count). The van der Waals surface area contributed by atoms with Crippen LogP contribution in [0, 0.1) is 0 Å². The number of carbonyl (C=O) groups is 1. The number of hydrogen-bond acceptors (Lipinski definition) is 3. The van der Waals surface area contributed by atoms with E-state index in [0.29, 0.717) is 17.9 Å². The third-order valence-corrected chi connectivity index (χ3v) is 2.02. The highest BCUT2D eigenvalue weighted by atomic mass is 16.5. The number of carboxylic acid groups (broad SMARTS) is 1. The Kier molecular flexibility index (Phi) is 4.12. The van der Waals surface area contributed by atoms with Gasteiger partial charge in [0.1, 0.15) is 11.7 Å². The molecule has 0 spiro atoms. The molecule has 0 saturated carbocycles. The van der Waals surface area contributed by atoms with Crippen molar-refractivity contribution < 1.29 is 20.4 Å². The van der Waals surface area contributed by atoms with E-state index in [9.17, 15) is 9.90 Å². The first-order valence-electron chi connectivity index (χ1n) is 4.92. The SMILES string of the molecule is CCCOc1cccc([C@@H]([NH3+])C(=O)[O-])c1. The lowest BCUT2D eigenvalue weighted by Crippen LogP contribution is -2.61. The van der Waals surface area contributed by atoms with Crippen molar-refractivity contribution >= 4 is 5.97 Å². The molecule has 4 heteroatoms. The molecular weight excluding hydrogens is 194 g/mol. The molecule has 0 fully saturated rings. The molecule has 1 aromatic carbocycles. The van der Waals surface area contributed by atoms with Gasteiger partial charge in [-0.1, -0.05) is 19.1 Å². The van der Waals surface area contributed by atoms with Crippen LogP contribution in [0.1, 0.15) is 24.9 Å². The van der Waals surface area contributed by atoms with E-state index in [0.717, 1.165) is 6.42 Å². The molecule has 0 unspecified atom stereocenters. The molecule has 0 bridgehead atoms. The first-order valence-corrected chi connectivity index (χ1v) is 4.92. The van der Waals surface area contributed by atoms with Gasteiger partial charge in [0, 0.05) is 5.56 Å². The summed E-state index contributed by atoms with van der Waals surface area (Å²) in [6, 6.07) is 6.08. The Bertz CT molecular complexity index is 338. The van der Waals surface area contributed by atoms with Gasteiger partial charge in [-0.15, -0.1) is 0 Å². The van der Waals surface area contributed by atoms with Crippen LogP contribution in [-0.4, -0.2) is 12.6 Å². The van der Waals surface area contributed by atoms with Crippen LogP contribution in [-0.2, 0) is 4.79 Å². The minimum absolute atomic E-state index is 0.601. The second-order valence-corrected chi connectivity index (χ2v) is 3.29. The molecular formula is C11H15NO3. The van der Waals surface area contributed by atoms with Gasteiger partial charge in [0.15, 0.2) is 6.04 Å². The Balaban J connectivity index is 2.77. The normalized spacial score (nSPS) is 12.1. The number of quaternary nitrogens is 1. The molecule has 0 saturated heterocycles. The van der Waals surface area contributed by atoms with Crippen LogP contribution in [0.4, 0.5) is 0 Å². The number of carboxylic acids is 1. The number of hydrogen-bond donors (Lipinski definition) is 1. The van der Waals surface area contributed by atoms with Crippen LogP contribution in [0.3, 0.4) is 0 Å². The monoisotopic (exact) mass is 209 g/mol. The molecule has 0 aliphatic heterocycles. The fourth-order valence-corrected chi connectivity index (χ4v) is 1.18. The van der Waals surface area contributed by atoms with Crippen LogP contribution >= 0.6 is 0 Å². The topological polar surface area (TPSA) is 77.0 Å². The summed E-state index contributed by atoms with van der Waals surface area (Å²) in [6.45, 7) is 2.63. The van der Waals surface area contributed by atoms with Gasteiger partial charge in [-0.25, -0.2) is 0 Å². The molecule has 0 aromatic heterocycles. The van der Waals surface area contributed by atoms with Gasteiger partial charge in [0.25, 0.3) is 0 Å².